The van der Waals surface area contributed by atoms with Crippen molar-refractivity contribution >= 4 is 27.3 Å². The second-order valence-electron chi connectivity index (χ2n) is 6.61. The molecule has 8 heteroatoms. The van der Waals surface area contributed by atoms with E-state index in [1.807, 2.05) is 0 Å². The van der Waals surface area contributed by atoms with Crippen molar-refractivity contribution in [3.8, 4) is 0 Å². The monoisotopic (exact) mass is 397 g/mol. The Hall–Kier alpha value is -2.22. The zero-order valence-corrected chi connectivity index (χ0v) is 16.7. The summed E-state index contributed by atoms with van der Waals surface area (Å²) in [5.74, 6) is -1.11. The first kappa shape index (κ1) is 21.1. The number of carbonyl (C=O) groups excluding carboxylic acids is 1. The summed E-state index contributed by atoms with van der Waals surface area (Å²) in [6.45, 7) is 4.67. The predicted molar refractivity (Wildman–Crippen MR) is 102 cm³/mol. The summed E-state index contributed by atoms with van der Waals surface area (Å²) in [4.78, 5) is 17.6. The molecule has 2 unspecified atom stereocenters. The number of oxime groups is 1. The number of hydrogen-bond acceptors (Lipinski definition) is 6. The largest absolute Gasteiger partial charge is 0.465 e. The highest BCUT2D eigenvalue weighted by molar-refractivity contribution is 7.92. The molecular weight excluding hydrogens is 373 g/mol. The van der Waals surface area contributed by atoms with Crippen LogP contribution in [-0.2, 0) is 24.2 Å². The normalized spacial score (nSPS) is 19.8. The second-order valence-corrected chi connectivity index (χ2v) is 9.06. The van der Waals surface area contributed by atoms with Gasteiger partial charge in [-0.15, -0.1) is 0 Å². The van der Waals surface area contributed by atoms with Gasteiger partial charge in [0.15, 0.2) is 14.6 Å². The van der Waals surface area contributed by atoms with E-state index in [0.29, 0.717) is 17.7 Å². The Balaban J connectivity index is 2.13. The van der Waals surface area contributed by atoms with Crippen molar-refractivity contribution in [2.75, 3.05) is 12.9 Å². The summed E-state index contributed by atoms with van der Waals surface area (Å²) in [7, 11) is -3.73. The van der Waals surface area contributed by atoms with Crippen molar-refractivity contribution in [3.63, 3.8) is 0 Å². The topological polar surface area (TPSA) is 82.0 Å². The Bertz CT molecular complexity index is 861. The van der Waals surface area contributed by atoms with Gasteiger partial charge in [-0.05, 0) is 26.3 Å². The first-order valence-corrected chi connectivity index (χ1v) is 10.5. The minimum absolute atomic E-state index is 0.0665. The third-order valence-corrected chi connectivity index (χ3v) is 6.59. The quantitative estimate of drug-likeness (QED) is 0.660. The van der Waals surface area contributed by atoms with E-state index in [9.17, 15) is 17.6 Å². The van der Waals surface area contributed by atoms with E-state index in [1.54, 1.807) is 38.1 Å². The molecule has 0 aromatic heterocycles. The molecule has 0 amide bonds. The molecule has 0 N–H and O–H groups in total. The number of ether oxygens (including phenoxy) is 1. The lowest BCUT2D eigenvalue weighted by molar-refractivity contribution is -0.146. The minimum Gasteiger partial charge on any atom is -0.465 e. The fraction of sp³-hybridized carbons (Fsp3) is 0.474. The van der Waals surface area contributed by atoms with Crippen LogP contribution in [0, 0.1) is 0 Å². The first-order valence-electron chi connectivity index (χ1n) is 8.64. The number of carbonyl (C=O) groups is 1. The van der Waals surface area contributed by atoms with Crippen molar-refractivity contribution < 1.29 is 27.2 Å². The van der Waals surface area contributed by atoms with Crippen molar-refractivity contribution in [2.24, 2.45) is 5.16 Å². The molecule has 0 radical (unpaired) electrons. The Morgan fingerprint density at radius 1 is 1.41 bits per heavy atom. The summed E-state index contributed by atoms with van der Waals surface area (Å²) >= 11 is 0. The zero-order valence-electron chi connectivity index (χ0n) is 15.9. The van der Waals surface area contributed by atoms with Gasteiger partial charge in [0, 0.05) is 24.7 Å². The third-order valence-electron chi connectivity index (χ3n) is 4.62. The van der Waals surface area contributed by atoms with Crippen LogP contribution in [0.15, 0.2) is 35.5 Å². The first-order chi connectivity index (χ1) is 12.6. The molecule has 0 saturated carbocycles. The molecule has 148 valence electrons. The van der Waals surface area contributed by atoms with Crippen LogP contribution in [0.5, 0.6) is 0 Å². The minimum atomic E-state index is -3.73. The number of nitrogens with zero attached hydrogens (tertiary/aromatic N) is 1. The van der Waals surface area contributed by atoms with Crippen LogP contribution in [0.4, 0.5) is 4.39 Å². The maximum absolute atomic E-state index is 13.6. The predicted octanol–water partition coefficient (Wildman–Crippen LogP) is 3.27. The maximum Gasteiger partial charge on any atom is 0.327 e. The molecule has 1 aromatic rings. The van der Waals surface area contributed by atoms with E-state index in [0.717, 1.165) is 11.8 Å². The summed E-state index contributed by atoms with van der Waals surface area (Å²) in [6.07, 6.45) is 2.09. The van der Waals surface area contributed by atoms with Crippen molar-refractivity contribution in [1.82, 2.24) is 0 Å². The lowest BCUT2D eigenvalue weighted by atomic mass is 9.96. The van der Waals surface area contributed by atoms with Gasteiger partial charge in [-0.2, -0.15) is 0 Å². The van der Waals surface area contributed by atoms with Crippen LogP contribution in [0.1, 0.15) is 44.7 Å². The average molecular weight is 397 g/mol. The highest BCUT2D eigenvalue weighted by Crippen LogP contribution is 2.30. The molecule has 6 nitrogen and oxygen atoms in total. The number of allylic oxidation sites excluding steroid dienone is 1. The zero-order chi connectivity index (χ0) is 20.2. The number of rotatable bonds is 7. The van der Waals surface area contributed by atoms with Crippen molar-refractivity contribution in [3.05, 3.63) is 41.5 Å². The van der Waals surface area contributed by atoms with E-state index in [4.69, 9.17) is 9.57 Å². The highest BCUT2D eigenvalue weighted by Gasteiger charge is 2.48. The van der Waals surface area contributed by atoms with E-state index in [-0.39, 0.29) is 18.9 Å². The molecule has 2 rings (SSSR count). The van der Waals surface area contributed by atoms with Gasteiger partial charge in [0.2, 0.25) is 0 Å². The number of sulfone groups is 1. The van der Waals surface area contributed by atoms with Gasteiger partial charge in [-0.3, -0.25) is 4.79 Å². The van der Waals surface area contributed by atoms with Gasteiger partial charge >= 0.3 is 5.97 Å². The second kappa shape index (κ2) is 8.21. The molecule has 0 saturated heterocycles. The molecule has 1 aromatic carbocycles. The molecule has 1 heterocycles. The molecule has 27 heavy (non-hydrogen) atoms. The third kappa shape index (κ3) is 4.55. The van der Waals surface area contributed by atoms with E-state index in [1.165, 1.54) is 13.0 Å². The Morgan fingerprint density at radius 3 is 2.56 bits per heavy atom. The van der Waals surface area contributed by atoms with E-state index < -0.39 is 26.7 Å². The SMILES string of the molecule is CC=C(F)c1ccc(C2=NOC(CC(C)(C(=O)OCC)S(C)(=O)=O)C2)cc1. The molecule has 1 aliphatic rings. The lowest BCUT2D eigenvalue weighted by Gasteiger charge is -2.27. The number of benzene rings is 1. The Labute approximate surface area is 159 Å². The Kier molecular flexibility index (Phi) is 6.41. The van der Waals surface area contributed by atoms with Gasteiger partial charge in [0.05, 0.1) is 12.3 Å². The van der Waals surface area contributed by atoms with Gasteiger partial charge < -0.3 is 9.57 Å². The smallest absolute Gasteiger partial charge is 0.327 e. The summed E-state index contributed by atoms with van der Waals surface area (Å²) in [5.41, 5.74) is 1.83. The van der Waals surface area contributed by atoms with Gasteiger partial charge in [-0.25, -0.2) is 12.8 Å². The molecule has 2 atom stereocenters. The molecule has 1 aliphatic heterocycles. The van der Waals surface area contributed by atoms with Crippen LogP contribution in [0.25, 0.3) is 5.83 Å². The number of esters is 1. The van der Waals surface area contributed by atoms with E-state index in [2.05, 4.69) is 5.16 Å². The van der Waals surface area contributed by atoms with Crippen LogP contribution in [0.2, 0.25) is 0 Å². The fourth-order valence-corrected chi connectivity index (χ4v) is 3.65. The van der Waals surface area contributed by atoms with Gasteiger partial charge in [0.25, 0.3) is 0 Å². The standard InChI is InChI=1S/C19H24FNO5S/c1-5-16(20)13-7-9-14(10-8-13)17-11-15(26-21-17)12-19(3,27(4,23)24)18(22)25-6-2/h5,7-10,15H,6,11-12H2,1-4H3. The average Bonchev–Trinajstić information content (AvgIpc) is 3.08. The van der Waals surface area contributed by atoms with E-state index >= 15 is 0 Å². The lowest BCUT2D eigenvalue weighted by Crippen LogP contribution is -2.47. The molecule has 0 spiro atoms. The van der Waals surface area contributed by atoms with Gasteiger partial charge in [0.1, 0.15) is 11.9 Å². The highest BCUT2D eigenvalue weighted by atomic mass is 32.2. The molecule has 0 aliphatic carbocycles. The Morgan fingerprint density at radius 2 is 2.04 bits per heavy atom. The summed E-state index contributed by atoms with van der Waals surface area (Å²) < 4.78 is 41.2. The van der Waals surface area contributed by atoms with Crippen LogP contribution >= 0.6 is 0 Å². The van der Waals surface area contributed by atoms with Gasteiger partial charge in [-0.1, -0.05) is 35.5 Å². The van der Waals surface area contributed by atoms with Crippen LogP contribution in [0.3, 0.4) is 0 Å². The number of halogens is 1. The maximum atomic E-state index is 13.6. The molecular formula is C19H24FNO5S. The molecule has 0 bridgehead atoms. The summed E-state index contributed by atoms with van der Waals surface area (Å²) in [5, 5.41) is 4.01. The number of hydrogen-bond donors (Lipinski definition) is 0. The van der Waals surface area contributed by atoms with Crippen molar-refractivity contribution in [2.45, 2.75) is 44.5 Å². The van der Waals surface area contributed by atoms with Crippen molar-refractivity contribution in [1.29, 1.82) is 0 Å². The summed E-state index contributed by atoms with van der Waals surface area (Å²) in [6, 6.07) is 6.73. The fourth-order valence-electron chi connectivity index (χ4n) is 2.80. The molecule has 0 fully saturated rings. The van der Waals surface area contributed by atoms with Crippen LogP contribution in [-0.4, -0.2) is 43.8 Å². The van der Waals surface area contributed by atoms with Crippen LogP contribution < -0.4 is 0 Å².